The normalized spacial score (nSPS) is 16.0. The van der Waals surface area contributed by atoms with Gasteiger partial charge in [-0.05, 0) is 66.3 Å². The van der Waals surface area contributed by atoms with Crippen LogP contribution in [0.25, 0.3) is 10.4 Å². The monoisotopic (exact) mass is 484 g/mol. The largest absolute Gasteiger partial charge is 0.390 e. The van der Waals surface area contributed by atoms with Crippen molar-refractivity contribution in [2.24, 2.45) is 0 Å². The summed E-state index contributed by atoms with van der Waals surface area (Å²) in [6.45, 7) is 1.54. The zero-order valence-corrected chi connectivity index (χ0v) is 19.5. The second-order valence-corrected chi connectivity index (χ2v) is 9.84. The molecular weight excluding hydrogens is 458 g/mol. The quantitative estimate of drug-likeness (QED) is 0.377. The molecule has 1 aliphatic carbocycles. The van der Waals surface area contributed by atoms with E-state index >= 15 is 0 Å². The van der Waals surface area contributed by atoms with E-state index in [9.17, 15) is 23.5 Å². The lowest BCUT2D eigenvalue weighted by Gasteiger charge is -2.27. The molecule has 4 rings (SSSR count). The Morgan fingerprint density at radius 3 is 2.50 bits per heavy atom. The Morgan fingerprint density at radius 1 is 1.15 bits per heavy atom. The second-order valence-electron chi connectivity index (χ2n) is 8.72. The molecule has 34 heavy (non-hydrogen) atoms. The van der Waals surface area contributed by atoms with E-state index in [1.165, 1.54) is 30.4 Å². The van der Waals surface area contributed by atoms with Crippen molar-refractivity contribution in [1.82, 2.24) is 10.6 Å². The Labute approximate surface area is 200 Å². The smallest absolute Gasteiger partial charge is 0.217 e. The van der Waals surface area contributed by atoms with E-state index in [2.05, 4.69) is 16.7 Å². The molecule has 8 heteroatoms. The molecule has 5 nitrogen and oxygen atoms in total. The fourth-order valence-corrected chi connectivity index (χ4v) is 5.02. The van der Waals surface area contributed by atoms with Crippen LogP contribution in [0.2, 0.25) is 0 Å². The van der Waals surface area contributed by atoms with E-state index < -0.39 is 23.8 Å². The summed E-state index contributed by atoms with van der Waals surface area (Å²) in [5, 5.41) is 17.0. The minimum absolute atomic E-state index is 0.0943. The van der Waals surface area contributed by atoms with Gasteiger partial charge in [-0.25, -0.2) is 8.78 Å². The summed E-state index contributed by atoms with van der Waals surface area (Å²) in [6, 6.07) is 14.3. The average molecular weight is 485 g/mol. The summed E-state index contributed by atoms with van der Waals surface area (Å²) in [4.78, 5) is 24.4. The minimum atomic E-state index is -0.969. The predicted octanol–water partition coefficient (Wildman–Crippen LogP) is 4.19. The summed E-state index contributed by atoms with van der Waals surface area (Å²) >= 11 is 1.43. The maximum Gasteiger partial charge on any atom is 0.217 e. The zero-order valence-electron chi connectivity index (χ0n) is 18.7. The Bertz CT molecular complexity index is 1170. The highest BCUT2D eigenvalue weighted by Crippen LogP contribution is 2.46. The fraction of sp³-hybridized carbons (Fsp3) is 0.308. The van der Waals surface area contributed by atoms with Gasteiger partial charge in [0.2, 0.25) is 5.91 Å². The molecule has 3 aromatic rings. The molecule has 2 aromatic carbocycles. The number of nitrogens with one attached hydrogen (secondary N) is 2. The summed E-state index contributed by atoms with van der Waals surface area (Å²) < 4.78 is 27.2. The van der Waals surface area contributed by atoms with E-state index in [1.807, 2.05) is 24.3 Å². The maximum absolute atomic E-state index is 13.6. The van der Waals surface area contributed by atoms with Crippen LogP contribution in [-0.2, 0) is 16.8 Å². The van der Waals surface area contributed by atoms with Crippen molar-refractivity contribution in [1.29, 1.82) is 0 Å². The number of thiophene rings is 1. The van der Waals surface area contributed by atoms with Gasteiger partial charge in [0.15, 0.2) is 6.29 Å². The zero-order chi connectivity index (χ0) is 24.3. The first-order valence-corrected chi connectivity index (χ1v) is 11.9. The van der Waals surface area contributed by atoms with Crippen molar-refractivity contribution >= 4 is 23.5 Å². The van der Waals surface area contributed by atoms with Gasteiger partial charge in [-0.2, -0.15) is 0 Å². The SMILES string of the molecule is CC(=O)N[C@@H](Cc1cc(F)cc(F)c1)[C@H](O)CNC1(c2cccc(-c3ccc(C=O)s3)c2)CC1. The molecule has 1 amide bonds. The lowest BCUT2D eigenvalue weighted by Crippen LogP contribution is -2.49. The van der Waals surface area contributed by atoms with Crippen molar-refractivity contribution in [2.45, 2.75) is 43.9 Å². The molecule has 1 heterocycles. The van der Waals surface area contributed by atoms with Crippen LogP contribution in [0.1, 0.15) is 40.6 Å². The highest BCUT2D eigenvalue weighted by molar-refractivity contribution is 7.17. The van der Waals surface area contributed by atoms with Gasteiger partial charge in [0.1, 0.15) is 11.6 Å². The molecule has 1 aromatic heterocycles. The summed E-state index contributed by atoms with van der Waals surface area (Å²) in [5.74, 6) is -1.74. The Hall–Kier alpha value is -2.94. The Morgan fingerprint density at radius 2 is 1.88 bits per heavy atom. The van der Waals surface area contributed by atoms with Gasteiger partial charge in [-0.1, -0.05) is 18.2 Å². The van der Waals surface area contributed by atoms with Crippen LogP contribution >= 0.6 is 11.3 Å². The van der Waals surface area contributed by atoms with Crippen molar-refractivity contribution in [2.75, 3.05) is 6.54 Å². The van der Waals surface area contributed by atoms with Crippen LogP contribution in [0.5, 0.6) is 0 Å². The maximum atomic E-state index is 13.6. The first-order chi connectivity index (χ1) is 16.3. The number of carbonyl (C=O) groups is 2. The van der Waals surface area contributed by atoms with Crippen molar-refractivity contribution in [3.05, 3.63) is 82.2 Å². The highest BCUT2D eigenvalue weighted by atomic mass is 32.1. The third kappa shape index (κ3) is 5.75. The molecule has 178 valence electrons. The number of aliphatic hydroxyl groups excluding tert-OH is 1. The van der Waals surface area contributed by atoms with Gasteiger partial charge >= 0.3 is 0 Å². The topological polar surface area (TPSA) is 78.4 Å². The molecule has 3 N–H and O–H groups in total. The number of rotatable bonds is 10. The second kappa shape index (κ2) is 10.1. The molecule has 0 bridgehead atoms. The number of carbonyl (C=O) groups excluding carboxylic acids is 2. The number of hydrogen-bond acceptors (Lipinski definition) is 5. The lowest BCUT2D eigenvalue weighted by atomic mass is 9.98. The number of aliphatic hydroxyl groups is 1. The van der Waals surface area contributed by atoms with E-state index in [0.29, 0.717) is 10.4 Å². The van der Waals surface area contributed by atoms with Crippen molar-refractivity contribution < 1.29 is 23.5 Å². The molecule has 1 aliphatic rings. The first-order valence-electron chi connectivity index (χ1n) is 11.1. The number of hydrogen-bond donors (Lipinski definition) is 3. The predicted molar refractivity (Wildman–Crippen MR) is 128 cm³/mol. The molecule has 0 spiro atoms. The van der Waals surface area contributed by atoms with Crippen LogP contribution < -0.4 is 10.6 Å². The van der Waals surface area contributed by atoms with Gasteiger partial charge in [0, 0.05) is 30.0 Å². The lowest BCUT2D eigenvalue weighted by molar-refractivity contribution is -0.120. The van der Waals surface area contributed by atoms with Crippen molar-refractivity contribution in [3.8, 4) is 10.4 Å². The molecule has 0 unspecified atom stereocenters. The van der Waals surface area contributed by atoms with Crippen LogP contribution in [-0.4, -0.2) is 36.0 Å². The Balaban J connectivity index is 1.46. The third-order valence-electron chi connectivity index (χ3n) is 6.07. The number of benzene rings is 2. The first kappa shape index (κ1) is 24.2. The van der Waals surface area contributed by atoms with E-state index in [-0.39, 0.29) is 24.4 Å². The van der Waals surface area contributed by atoms with Crippen LogP contribution in [0.15, 0.2) is 54.6 Å². The fourth-order valence-electron chi connectivity index (χ4n) is 4.20. The van der Waals surface area contributed by atoms with E-state index in [4.69, 9.17) is 0 Å². The molecule has 0 radical (unpaired) electrons. The van der Waals surface area contributed by atoms with E-state index in [1.54, 1.807) is 6.07 Å². The summed E-state index contributed by atoms with van der Waals surface area (Å²) in [5.41, 5.74) is 2.18. The number of aldehydes is 1. The number of halogens is 2. The Kier molecular flexibility index (Phi) is 7.21. The van der Waals surface area contributed by atoms with Gasteiger partial charge in [0.25, 0.3) is 0 Å². The van der Waals surface area contributed by atoms with Gasteiger partial charge in [0.05, 0.1) is 17.0 Å². The minimum Gasteiger partial charge on any atom is -0.390 e. The summed E-state index contributed by atoms with van der Waals surface area (Å²) in [7, 11) is 0. The number of amides is 1. The van der Waals surface area contributed by atoms with Crippen LogP contribution in [0, 0.1) is 11.6 Å². The average Bonchev–Trinajstić information content (AvgIpc) is 3.43. The standard InChI is InChI=1S/C26H26F2N2O3S/c1-16(32)30-23(11-17-9-20(27)13-21(28)10-17)24(33)14-29-26(7-8-26)19-4-2-3-18(12-19)25-6-5-22(15-31)34-25/h2-6,9-10,12-13,15,23-24,29,33H,7-8,11,14H2,1H3,(H,30,32)/t23-,24+/m0/s1. The molecule has 2 atom stereocenters. The highest BCUT2D eigenvalue weighted by Gasteiger charge is 2.44. The molecule has 0 saturated heterocycles. The molecular formula is C26H26F2N2O3S. The van der Waals surface area contributed by atoms with E-state index in [0.717, 1.165) is 41.2 Å². The summed E-state index contributed by atoms with van der Waals surface area (Å²) in [6.07, 6.45) is 1.76. The molecule has 0 aliphatic heterocycles. The third-order valence-corrected chi connectivity index (χ3v) is 7.13. The van der Waals surface area contributed by atoms with Gasteiger partial charge < -0.3 is 15.7 Å². The van der Waals surface area contributed by atoms with Gasteiger partial charge in [-0.3, -0.25) is 9.59 Å². The van der Waals surface area contributed by atoms with Crippen molar-refractivity contribution in [3.63, 3.8) is 0 Å². The van der Waals surface area contributed by atoms with Gasteiger partial charge in [-0.15, -0.1) is 11.3 Å². The van der Waals surface area contributed by atoms with Crippen LogP contribution in [0.4, 0.5) is 8.78 Å². The molecule has 1 fully saturated rings. The molecule has 1 saturated carbocycles. The van der Waals surface area contributed by atoms with Crippen LogP contribution in [0.3, 0.4) is 0 Å².